The van der Waals surface area contributed by atoms with E-state index in [2.05, 4.69) is 4.99 Å². The normalized spacial score (nSPS) is 12.9. The van der Waals surface area contributed by atoms with E-state index >= 15 is 0 Å². The number of rotatable bonds is 2. The molecular weight excluding hydrogens is 180 g/mol. The maximum atomic E-state index is 10.7. The van der Waals surface area contributed by atoms with Crippen LogP contribution in [-0.2, 0) is 12.8 Å². The van der Waals surface area contributed by atoms with Crippen LogP contribution in [0.4, 0.5) is 11.4 Å². The van der Waals surface area contributed by atoms with Gasteiger partial charge in [0.15, 0.2) is 0 Å². The van der Waals surface area contributed by atoms with Crippen LogP contribution in [0.1, 0.15) is 18.1 Å². The summed E-state index contributed by atoms with van der Waals surface area (Å²) in [4.78, 5) is 14.5. The molecule has 4 heteroatoms. The molecule has 2 rings (SSSR count). The summed E-state index contributed by atoms with van der Waals surface area (Å²) in [6, 6.07) is 3.46. The van der Waals surface area contributed by atoms with Crippen molar-refractivity contribution >= 4 is 17.6 Å². The van der Waals surface area contributed by atoms with Crippen molar-refractivity contribution in [2.45, 2.75) is 19.8 Å². The van der Waals surface area contributed by atoms with Gasteiger partial charge in [-0.25, -0.2) is 0 Å². The minimum atomic E-state index is -0.340. The molecule has 0 amide bonds. The molecule has 0 saturated carbocycles. The molecule has 0 fully saturated rings. The second-order valence-corrected chi connectivity index (χ2v) is 3.24. The topological polar surface area (TPSA) is 55.5 Å². The lowest BCUT2D eigenvalue weighted by atomic mass is 10.0. The number of aryl methyl sites for hydroxylation is 1. The lowest BCUT2D eigenvalue weighted by Gasteiger charge is -2.02. The second kappa shape index (κ2) is 3.21. The van der Waals surface area contributed by atoms with Crippen LogP contribution >= 0.6 is 0 Å². The van der Waals surface area contributed by atoms with E-state index in [0.29, 0.717) is 6.42 Å². The average molecular weight is 190 g/mol. The van der Waals surface area contributed by atoms with E-state index in [1.807, 2.05) is 13.0 Å². The van der Waals surface area contributed by atoms with Crippen molar-refractivity contribution in [3.63, 3.8) is 0 Å². The van der Waals surface area contributed by atoms with Crippen LogP contribution in [0.15, 0.2) is 17.1 Å². The predicted octanol–water partition coefficient (Wildman–Crippen LogP) is 2.42. The average Bonchev–Trinajstić information content (AvgIpc) is 2.62. The van der Waals surface area contributed by atoms with Gasteiger partial charge in [0.25, 0.3) is 5.69 Å². The van der Waals surface area contributed by atoms with Crippen molar-refractivity contribution in [1.29, 1.82) is 0 Å². The van der Waals surface area contributed by atoms with Gasteiger partial charge in [0.1, 0.15) is 0 Å². The third kappa shape index (κ3) is 1.28. The van der Waals surface area contributed by atoms with Gasteiger partial charge in [0.2, 0.25) is 0 Å². The van der Waals surface area contributed by atoms with Crippen molar-refractivity contribution in [2.75, 3.05) is 0 Å². The number of benzene rings is 1. The fourth-order valence-electron chi connectivity index (χ4n) is 1.65. The van der Waals surface area contributed by atoms with Crippen LogP contribution < -0.4 is 0 Å². The zero-order chi connectivity index (χ0) is 10.1. The summed E-state index contributed by atoms with van der Waals surface area (Å²) in [5.74, 6) is 0. The molecule has 1 aliphatic rings. The molecule has 1 heterocycles. The highest BCUT2D eigenvalue weighted by Gasteiger charge is 2.17. The van der Waals surface area contributed by atoms with Gasteiger partial charge < -0.3 is 0 Å². The summed E-state index contributed by atoms with van der Waals surface area (Å²) in [5.41, 5.74) is 2.81. The van der Waals surface area contributed by atoms with E-state index in [0.717, 1.165) is 23.2 Å². The van der Waals surface area contributed by atoms with Gasteiger partial charge in [0, 0.05) is 24.3 Å². The van der Waals surface area contributed by atoms with E-state index in [4.69, 9.17) is 0 Å². The first-order chi connectivity index (χ1) is 6.72. The van der Waals surface area contributed by atoms with Gasteiger partial charge in [-0.1, -0.05) is 6.92 Å². The molecule has 0 bridgehead atoms. The molecule has 0 aromatic heterocycles. The Kier molecular flexibility index (Phi) is 2.04. The molecule has 0 spiro atoms. The van der Waals surface area contributed by atoms with Crippen LogP contribution in [0.3, 0.4) is 0 Å². The van der Waals surface area contributed by atoms with E-state index in [1.54, 1.807) is 12.3 Å². The van der Waals surface area contributed by atoms with Crippen LogP contribution in [0.5, 0.6) is 0 Å². The van der Waals surface area contributed by atoms with Crippen molar-refractivity contribution in [1.82, 2.24) is 0 Å². The van der Waals surface area contributed by atoms with Crippen LogP contribution in [0, 0.1) is 10.1 Å². The molecule has 1 aliphatic heterocycles. The quantitative estimate of drug-likeness (QED) is 0.531. The molecule has 1 aromatic rings. The maximum absolute atomic E-state index is 10.7. The fraction of sp³-hybridized carbons (Fsp3) is 0.300. The molecule has 0 aliphatic carbocycles. The zero-order valence-electron chi connectivity index (χ0n) is 7.86. The Morgan fingerprint density at radius 3 is 3.00 bits per heavy atom. The Hall–Kier alpha value is -1.71. The highest BCUT2D eigenvalue weighted by Crippen LogP contribution is 2.32. The molecule has 0 radical (unpaired) electrons. The number of aliphatic imine (C=N–C) groups is 1. The molecule has 4 nitrogen and oxygen atoms in total. The number of hydrogen-bond acceptors (Lipinski definition) is 3. The van der Waals surface area contributed by atoms with Gasteiger partial charge in [-0.15, -0.1) is 0 Å². The number of nitro groups is 1. The van der Waals surface area contributed by atoms with Gasteiger partial charge in [-0.2, -0.15) is 0 Å². The first kappa shape index (κ1) is 8.87. The van der Waals surface area contributed by atoms with E-state index in [-0.39, 0.29) is 10.6 Å². The minimum Gasteiger partial charge on any atom is -0.260 e. The summed E-state index contributed by atoms with van der Waals surface area (Å²) in [6.45, 7) is 1.92. The molecule has 0 unspecified atom stereocenters. The smallest absolute Gasteiger partial charge is 0.260 e. The first-order valence-corrected chi connectivity index (χ1v) is 4.55. The third-order valence-electron chi connectivity index (χ3n) is 2.40. The van der Waals surface area contributed by atoms with Crippen LogP contribution in [-0.4, -0.2) is 11.1 Å². The first-order valence-electron chi connectivity index (χ1n) is 4.55. The molecule has 72 valence electrons. The molecule has 0 N–H and O–H groups in total. The highest BCUT2D eigenvalue weighted by molar-refractivity contribution is 5.77. The summed E-state index contributed by atoms with van der Waals surface area (Å²) in [5, 5.41) is 10.7. The third-order valence-corrected chi connectivity index (χ3v) is 2.40. The van der Waals surface area contributed by atoms with Crippen molar-refractivity contribution in [2.24, 2.45) is 4.99 Å². The molecule has 14 heavy (non-hydrogen) atoms. The lowest BCUT2D eigenvalue weighted by molar-refractivity contribution is -0.385. The summed E-state index contributed by atoms with van der Waals surface area (Å²) in [7, 11) is 0. The van der Waals surface area contributed by atoms with Crippen molar-refractivity contribution < 1.29 is 4.92 Å². The Labute approximate surface area is 81.4 Å². The number of nitro benzene ring substituents is 1. The highest BCUT2D eigenvalue weighted by atomic mass is 16.6. The number of nitrogens with zero attached hydrogens (tertiary/aromatic N) is 2. The van der Waals surface area contributed by atoms with Gasteiger partial charge in [-0.3, -0.25) is 15.1 Å². The maximum Gasteiger partial charge on any atom is 0.274 e. The zero-order valence-corrected chi connectivity index (χ0v) is 7.86. The van der Waals surface area contributed by atoms with Gasteiger partial charge >= 0.3 is 0 Å². The Morgan fingerprint density at radius 2 is 2.36 bits per heavy atom. The van der Waals surface area contributed by atoms with E-state index in [9.17, 15) is 10.1 Å². The van der Waals surface area contributed by atoms with Gasteiger partial charge in [-0.05, 0) is 18.1 Å². The van der Waals surface area contributed by atoms with Crippen LogP contribution in [0.25, 0.3) is 0 Å². The molecule has 1 aromatic carbocycles. The molecule has 0 saturated heterocycles. The summed E-state index contributed by atoms with van der Waals surface area (Å²) in [6.07, 6.45) is 3.26. The van der Waals surface area contributed by atoms with Gasteiger partial charge in [0.05, 0.1) is 10.6 Å². The summed E-state index contributed by atoms with van der Waals surface area (Å²) < 4.78 is 0. The number of fused-ring (bicyclic) bond motifs is 1. The summed E-state index contributed by atoms with van der Waals surface area (Å²) >= 11 is 0. The second-order valence-electron chi connectivity index (χ2n) is 3.24. The van der Waals surface area contributed by atoms with Crippen LogP contribution in [0.2, 0.25) is 0 Å². The van der Waals surface area contributed by atoms with E-state index < -0.39 is 0 Å². The monoisotopic (exact) mass is 190 g/mol. The Morgan fingerprint density at radius 1 is 1.57 bits per heavy atom. The minimum absolute atomic E-state index is 0.185. The SMILES string of the molecule is CCc1cc2c(cc1[N+](=O)[O-])N=CC2. The Balaban J connectivity index is 2.58. The largest absolute Gasteiger partial charge is 0.274 e. The molecular formula is C10H10N2O2. The standard InChI is InChI=1S/C10H10N2O2/c1-2-7-5-8-3-4-11-9(8)6-10(7)12(13)14/h4-6H,2-3H2,1H3. The predicted molar refractivity (Wildman–Crippen MR) is 54.3 cm³/mol. The van der Waals surface area contributed by atoms with E-state index in [1.165, 1.54) is 0 Å². The number of hydrogen-bond donors (Lipinski definition) is 0. The Bertz CT molecular complexity index is 424. The van der Waals surface area contributed by atoms with Crippen molar-refractivity contribution in [3.05, 3.63) is 33.4 Å². The fourth-order valence-corrected chi connectivity index (χ4v) is 1.65. The lowest BCUT2D eigenvalue weighted by Crippen LogP contribution is -1.95. The van der Waals surface area contributed by atoms with Crippen molar-refractivity contribution in [3.8, 4) is 0 Å². The molecule has 0 atom stereocenters.